The van der Waals surface area contributed by atoms with E-state index < -0.39 is 10.2 Å². The summed E-state index contributed by atoms with van der Waals surface area (Å²) in [4.78, 5) is 10.8. The van der Waals surface area contributed by atoms with E-state index in [-0.39, 0.29) is 0 Å². The van der Waals surface area contributed by atoms with Gasteiger partial charge in [-0.15, -0.1) is 0 Å². The molecular weight excluding hydrogens is 255 g/mol. The Morgan fingerprint density at radius 3 is 2.73 bits per heavy atom. The molecule has 0 aromatic carbocycles. The summed E-state index contributed by atoms with van der Waals surface area (Å²) in [5.41, 5.74) is 0. The van der Waals surface area contributed by atoms with Crippen molar-refractivity contribution in [1.82, 2.24) is 5.32 Å². The number of hydrogen-bond acceptors (Lipinski definition) is 3. The van der Waals surface area contributed by atoms with Crippen molar-refractivity contribution in [2.24, 2.45) is 0 Å². The third kappa shape index (κ3) is 7.34. The molecule has 0 saturated carbocycles. The summed E-state index contributed by atoms with van der Waals surface area (Å²) < 4.78 is -0.584. The van der Waals surface area contributed by atoms with Gasteiger partial charge in [-0.1, -0.05) is 0 Å². The molecule has 86 valence electrons. The number of carboxylic acids is 1. The van der Waals surface area contributed by atoms with Crippen LogP contribution in [0.5, 0.6) is 0 Å². The Labute approximate surface area is 99.1 Å². The number of rotatable bonds is 8. The number of carbonyl (C=O) groups is 1. The van der Waals surface area contributed by atoms with Crippen LogP contribution in [0.4, 0.5) is 0 Å². The fraction of sp³-hybridized carbons (Fsp3) is 0.600. The molecule has 5 heteroatoms. The quantitative estimate of drug-likeness (QED) is 0.260. The molecule has 0 aliphatic rings. The van der Waals surface area contributed by atoms with E-state index in [2.05, 4.69) is 5.32 Å². The van der Waals surface area contributed by atoms with Crippen LogP contribution in [0, 0.1) is 5.41 Å². The summed E-state index contributed by atoms with van der Waals surface area (Å²) in [6.07, 6.45) is 6.72. The van der Waals surface area contributed by atoms with Crippen molar-refractivity contribution in [3.8, 4) is 0 Å². The van der Waals surface area contributed by atoms with Crippen LogP contribution in [0.15, 0.2) is 12.2 Å². The first-order valence-corrected chi connectivity index (χ1v) is 6.09. The van der Waals surface area contributed by atoms with Gasteiger partial charge in [0.25, 0.3) is 0 Å². The molecule has 0 aromatic heterocycles. The summed E-state index contributed by atoms with van der Waals surface area (Å²) in [5, 5.41) is 18.7. The summed E-state index contributed by atoms with van der Waals surface area (Å²) >= 11 is 1.26. The normalized spacial score (nSPS) is 15.1. The Hall–Kier alpha value is -0.602. The predicted octanol–water partition coefficient (Wildman–Crippen LogP) is 0.458. The SMILES string of the molecule is CC([AsH2])(CCC=CCNCC=N)C(=O)O. The molecule has 0 radical (unpaired) electrons. The maximum absolute atomic E-state index is 10.8. The van der Waals surface area contributed by atoms with Crippen LogP contribution in [0.1, 0.15) is 19.8 Å². The zero-order chi connectivity index (χ0) is 11.7. The Balaban J connectivity index is 3.60. The molecule has 0 aliphatic carbocycles. The number of allylic oxidation sites excluding steroid dienone is 1. The van der Waals surface area contributed by atoms with Gasteiger partial charge in [0.1, 0.15) is 0 Å². The van der Waals surface area contributed by atoms with E-state index in [1.807, 2.05) is 12.2 Å². The van der Waals surface area contributed by atoms with Crippen LogP contribution in [0.2, 0.25) is 4.20 Å². The van der Waals surface area contributed by atoms with Crippen LogP contribution in [-0.2, 0) is 4.79 Å². The van der Waals surface area contributed by atoms with E-state index in [0.717, 1.165) is 13.0 Å². The van der Waals surface area contributed by atoms with Crippen LogP contribution in [0.25, 0.3) is 0 Å². The first-order chi connectivity index (χ1) is 7.00. The molecule has 2 atom stereocenters. The van der Waals surface area contributed by atoms with Gasteiger partial charge in [0.15, 0.2) is 0 Å². The minimum absolute atomic E-state index is 0.577. The molecule has 2 unspecified atom stereocenters. The topological polar surface area (TPSA) is 73.2 Å². The predicted molar refractivity (Wildman–Crippen MR) is 64.6 cm³/mol. The van der Waals surface area contributed by atoms with Gasteiger partial charge >= 0.3 is 98.9 Å². The van der Waals surface area contributed by atoms with Gasteiger partial charge in [-0.05, 0) is 0 Å². The standard InChI is InChI=1S/C10H19AsN2O2/c1-10(11,9(14)15)5-3-2-4-7-13-8-6-12/h2,4,6,12-13H,3,5,7-8,11H2,1H3,(H,14,15). The van der Waals surface area contributed by atoms with Crippen LogP contribution < -0.4 is 5.32 Å². The monoisotopic (exact) mass is 274 g/mol. The summed E-state index contributed by atoms with van der Waals surface area (Å²) in [5.74, 6) is -0.724. The molecule has 0 saturated heterocycles. The Morgan fingerprint density at radius 1 is 1.53 bits per heavy atom. The van der Waals surface area contributed by atoms with E-state index in [1.54, 1.807) is 6.92 Å². The van der Waals surface area contributed by atoms with Crippen molar-refractivity contribution in [2.75, 3.05) is 13.1 Å². The van der Waals surface area contributed by atoms with Gasteiger partial charge in [-0.2, -0.15) is 0 Å². The zero-order valence-electron chi connectivity index (χ0n) is 8.99. The molecule has 0 fully saturated rings. The van der Waals surface area contributed by atoms with Crippen LogP contribution in [0.3, 0.4) is 0 Å². The molecule has 0 rings (SSSR count). The third-order valence-electron chi connectivity index (χ3n) is 1.99. The van der Waals surface area contributed by atoms with Crippen molar-refractivity contribution in [2.45, 2.75) is 24.0 Å². The fourth-order valence-electron chi connectivity index (χ4n) is 0.930. The first-order valence-electron chi connectivity index (χ1n) is 4.87. The number of aliphatic carboxylic acids is 1. The van der Waals surface area contributed by atoms with E-state index >= 15 is 0 Å². The van der Waals surface area contributed by atoms with E-state index in [1.165, 1.54) is 23.1 Å². The van der Waals surface area contributed by atoms with Crippen LogP contribution >= 0.6 is 0 Å². The average Bonchev–Trinajstić information content (AvgIpc) is 2.16. The maximum atomic E-state index is 10.8. The van der Waals surface area contributed by atoms with Gasteiger partial charge in [-0.25, -0.2) is 0 Å². The van der Waals surface area contributed by atoms with E-state index in [4.69, 9.17) is 10.5 Å². The van der Waals surface area contributed by atoms with E-state index in [9.17, 15) is 4.79 Å². The zero-order valence-corrected chi connectivity index (χ0v) is 11.4. The average molecular weight is 274 g/mol. The third-order valence-corrected chi connectivity index (χ3v) is 3.12. The summed E-state index contributed by atoms with van der Waals surface area (Å²) in [6, 6.07) is 0. The van der Waals surface area contributed by atoms with Crippen LogP contribution in [-0.4, -0.2) is 47.2 Å². The Kier molecular flexibility index (Phi) is 7.35. The van der Waals surface area contributed by atoms with Gasteiger partial charge in [0, 0.05) is 0 Å². The van der Waals surface area contributed by atoms with E-state index in [0.29, 0.717) is 13.0 Å². The van der Waals surface area contributed by atoms with Crippen molar-refractivity contribution < 1.29 is 9.90 Å². The van der Waals surface area contributed by atoms with Crippen molar-refractivity contribution >= 4 is 29.0 Å². The van der Waals surface area contributed by atoms with Crippen molar-refractivity contribution in [3.63, 3.8) is 0 Å². The van der Waals surface area contributed by atoms with Gasteiger partial charge in [0.2, 0.25) is 0 Å². The Morgan fingerprint density at radius 2 is 2.20 bits per heavy atom. The molecule has 15 heavy (non-hydrogen) atoms. The second-order valence-corrected chi connectivity index (χ2v) is 6.27. The molecule has 0 heterocycles. The molecule has 0 spiro atoms. The van der Waals surface area contributed by atoms with Gasteiger partial charge in [-0.3, -0.25) is 0 Å². The van der Waals surface area contributed by atoms with Gasteiger partial charge < -0.3 is 0 Å². The first kappa shape index (κ1) is 14.4. The molecule has 0 aromatic rings. The van der Waals surface area contributed by atoms with Crippen molar-refractivity contribution in [3.05, 3.63) is 12.2 Å². The molecule has 3 N–H and O–H groups in total. The molecule has 0 aliphatic heterocycles. The molecule has 4 nitrogen and oxygen atoms in total. The second-order valence-electron chi connectivity index (χ2n) is 3.60. The molecule has 0 amide bonds. The van der Waals surface area contributed by atoms with Gasteiger partial charge in [0.05, 0.1) is 0 Å². The molecular formula is C10H19AsN2O2. The fourth-order valence-corrected chi connectivity index (χ4v) is 1.28. The number of hydrogen-bond donors (Lipinski definition) is 3. The summed E-state index contributed by atoms with van der Waals surface area (Å²) in [6.45, 7) is 3.07. The minimum atomic E-state index is -0.724. The molecule has 0 bridgehead atoms. The number of carboxylic acid groups (broad SMARTS) is 1. The number of nitrogens with one attached hydrogen (secondary N) is 2. The van der Waals surface area contributed by atoms with Crippen molar-refractivity contribution in [1.29, 1.82) is 5.41 Å². The Bertz CT molecular complexity index is 240. The second kappa shape index (κ2) is 7.66. The summed E-state index contributed by atoms with van der Waals surface area (Å²) in [7, 11) is 0.